The van der Waals surface area contributed by atoms with Gasteiger partial charge in [-0.05, 0) is 13.8 Å². The Kier molecular flexibility index (Phi) is 3.54. The molecule has 0 saturated carbocycles. The first-order valence-electron chi connectivity index (χ1n) is 4.15. The summed E-state index contributed by atoms with van der Waals surface area (Å²) in [6.07, 6.45) is 1.80. The van der Waals surface area contributed by atoms with Crippen LogP contribution in [0.5, 0.6) is 0 Å². The maximum atomic E-state index is 11.2. The van der Waals surface area contributed by atoms with Crippen LogP contribution in [-0.2, 0) is 14.3 Å². The molecule has 0 spiro atoms. The van der Waals surface area contributed by atoms with Crippen LogP contribution in [0.1, 0.15) is 20.3 Å². The van der Waals surface area contributed by atoms with E-state index in [2.05, 4.69) is 0 Å². The van der Waals surface area contributed by atoms with E-state index in [1.807, 2.05) is 0 Å². The maximum Gasteiger partial charge on any atom is 0.334 e. The van der Waals surface area contributed by atoms with E-state index in [-0.39, 0.29) is 11.1 Å². The zero-order chi connectivity index (χ0) is 9.84. The third-order valence-electron chi connectivity index (χ3n) is 1.89. The van der Waals surface area contributed by atoms with Gasteiger partial charge in [0.2, 0.25) is 5.12 Å². The Bertz CT molecular complexity index is 258. The minimum absolute atomic E-state index is 0.0303. The fourth-order valence-electron chi connectivity index (χ4n) is 0.924. The third-order valence-corrected chi connectivity index (χ3v) is 2.88. The SMILES string of the molecule is CC=C(C)C(=O)OC1CCSC1=O. The molecule has 0 aliphatic carbocycles. The molecule has 0 aromatic rings. The molecule has 13 heavy (non-hydrogen) atoms. The number of hydrogen-bond donors (Lipinski definition) is 0. The van der Waals surface area contributed by atoms with Gasteiger partial charge in [-0.25, -0.2) is 4.79 Å². The van der Waals surface area contributed by atoms with Crippen LogP contribution in [0.2, 0.25) is 0 Å². The van der Waals surface area contributed by atoms with Crippen molar-refractivity contribution in [2.75, 3.05) is 5.75 Å². The molecule has 0 amide bonds. The van der Waals surface area contributed by atoms with Gasteiger partial charge in [-0.1, -0.05) is 17.8 Å². The standard InChI is InChI=1S/C9H12O3S/c1-3-6(2)8(10)12-7-4-5-13-9(7)11/h3,7H,4-5H2,1-2H3. The molecule has 72 valence electrons. The van der Waals surface area contributed by atoms with Crippen molar-refractivity contribution in [2.24, 2.45) is 0 Å². The monoisotopic (exact) mass is 200 g/mol. The molecule has 1 fully saturated rings. The topological polar surface area (TPSA) is 43.4 Å². The number of esters is 1. The van der Waals surface area contributed by atoms with Gasteiger partial charge in [-0.15, -0.1) is 0 Å². The number of hydrogen-bond acceptors (Lipinski definition) is 4. The van der Waals surface area contributed by atoms with Gasteiger partial charge in [0.05, 0.1) is 0 Å². The molecule has 1 aliphatic heterocycles. The van der Waals surface area contributed by atoms with Gasteiger partial charge < -0.3 is 4.74 Å². The summed E-state index contributed by atoms with van der Waals surface area (Å²) in [4.78, 5) is 22.3. The number of allylic oxidation sites excluding steroid dienone is 1. The molecule has 1 rings (SSSR count). The minimum atomic E-state index is -0.521. The van der Waals surface area contributed by atoms with Crippen molar-refractivity contribution in [3.63, 3.8) is 0 Å². The Hall–Kier alpha value is -0.770. The van der Waals surface area contributed by atoms with E-state index in [4.69, 9.17) is 4.74 Å². The molecule has 0 aromatic heterocycles. The third kappa shape index (κ3) is 2.59. The lowest BCUT2D eigenvalue weighted by molar-refractivity contribution is -0.148. The largest absolute Gasteiger partial charge is 0.450 e. The molecule has 1 atom stereocenters. The zero-order valence-electron chi connectivity index (χ0n) is 7.70. The summed E-state index contributed by atoms with van der Waals surface area (Å²) < 4.78 is 5.00. The molecule has 1 unspecified atom stereocenters. The van der Waals surface area contributed by atoms with Crippen LogP contribution in [0, 0.1) is 0 Å². The van der Waals surface area contributed by atoms with Gasteiger partial charge in [-0.3, -0.25) is 4.79 Å². The van der Waals surface area contributed by atoms with Crippen LogP contribution < -0.4 is 0 Å². The number of rotatable bonds is 2. The average Bonchev–Trinajstić information content (AvgIpc) is 2.50. The first kappa shape index (κ1) is 10.3. The zero-order valence-corrected chi connectivity index (χ0v) is 8.52. The second kappa shape index (κ2) is 4.46. The molecular formula is C9H12O3S. The molecule has 0 N–H and O–H groups in total. The average molecular weight is 200 g/mol. The lowest BCUT2D eigenvalue weighted by atomic mass is 10.3. The summed E-state index contributed by atoms with van der Waals surface area (Å²) in [5, 5.41) is -0.0303. The number of thioether (sulfide) groups is 1. The highest BCUT2D eigenvalue weighted by Crippen LogP contribution is 2.22. The predicted octanol–water partition coefficient (Wildman–Crippen LogP) is 1.53. The number of ether oxygens (including phenoxy) is 1. The van der Waals surface area contributed by atoms with Crippen molar-refractivity contribution in [3.05, 3.63) is 11.6 Å². The summed E-state index contributed by atoms with van der Waals surface area (Å²) >= 11 is 1.23. The molecule has 1 heterocycles. The van der Waals surface area contributed by atoms with Crippen molar-refractivity contribution >= 4 is 22.8 Å². The van der Waals surface area contributed by atoms with Crippen LogP contribution in [0.3, 0.4) is 0 Å². The second-order valence-corrected chi connectivity index (χ2v) is 3.92. The molecule has 0 bridgehead atoms. The Morgan fingerprint density at radius 3 is 2.85 bits per heavy atom. The Balaban J connectivity index is 2.49. The summed E-state index contributed by atoms with van der Waals surface area (Å²) in [7, 11) is 0. The van der Waals surface area contributed by atoms with Crippen LogP contribution in [0.15, 0.2) is 11.6 Å². The molecular weight excluding hydrogens is 188 g/mol. The van der Waals surface area contributed by atoms with E-state index in [9.17, 15) is 9.59 Å². The smallest absolute Gasteiger partial charge is 0.334 e. The first-order valence-corrected chi connectivity index (χ1v) is 5.14. The molecule has 4 heteroatoms. The van der Waals surface area contributed by atoms with E-state index >= 15 is 0 Å². The molecule has 3 nitrogen and oxygen atoms in total. The molecule has 0 radical (unpaired) electrons. The highest BCUT2D eigenvalue weighted by Gasteiger charge is 2.28. The van der Waals surface area contributed by atoms with Crippen molar-refractivity contribution < 1.29 is 14.3 Å². The van der Waals surface area contributed by atoms with Gasteiger partial charge >= 0.3 is 5.97 Å². The highest BCUT2D eigenvalue weighted by molar-refractivity contribution is 8.14. The second-order valence-electron chi connectivity index (χ2n) is 2.82. The van der Waals surface area contributed by atoms with Crippen molar-refractivity contribution in [2.45, 2.75) is 26.4 Å². The quantitative estimate of drug-likeness (QED) is 0.501. The van der Waals surface area contributed by atoms with Crippen molar-refractivity contribution in [1.29, 1.82) is 0 Å². The minimum Gasteiger partial charge on any atom is -0.450 e. The number of carbonyl (C=O) groups is 2. The predicted molar refractivity (Wildman–Crippen MR) is 51.4 cm³/mol. The van der Waals surface area contributed by atoms with E-state index in [0.717, 1.165) is 5.75 Å². The fourth-order valence-corrected chi connectivity index (χ4v) is 1.81. The Morgan fingerprint density at radius 1 is 1.69 bits per heavy atom. The van der Waals surface area contributed by atoms with E-state index in [0.29, 0.717) is 12.0 Å². The highest BCUT2D eigenvalue weighted by atomic mass is 32.2. The first-order chi connectivity index (χ1) is 6.15. The lowest BCUT2D eigenvalue weighted by Crippen LogP contribution is -2.21. The molecule has 1 saturated heterocycles. The van der Waals surface area contributed by atoms with Gasteiger partial charge in [0.15, 0.2) is 6.10 Å². The fraction of sp³-hybridized carbons (Fsp3) is 0.556. The van der Waals surface area contributed by atoms with Crippen LogP contribution in [0.4, 0.5) is 0 Å². The molecule has 1 aliphatic rings. The number of carbonyl (C=O) groups excluding carboxylic acids is 2. The normalized spacial score (nSPS) is 23.4. The van der Waals surface area contributed by atoms with Crippen LogP contribution >= 0.6 is 11.8 Å². The van der Waals surface area contributed by atoms with Crippen molar-refractivity contribution in [3.8, 4) is 0 Å². The molecule has 0 aromatic carbocycles. The summed E-state index contributed by atoms with van der Waals surface area (Å²) in [5.74, 6) is 0.370. The van der Waals surface area contributed by atoms with E-state index < -0.39 is 6.10 Å². The Labute approximate surface area is 81.5 Å². The van der Waals surface area contributed by atoms with Crippen LogP contribution in [0.25, 0.3) is 0 Å². The van der Waals surface area contributed by atoms with Gasteiger partial charge in [-0.2, -0.15) is 0 Å². The van der Waals surface area contributed by atoms with Gasteiger partial charge in [0.1, 0.15) is 0 Å². The van der Waals surface area contributed by atoms with Crippen molar-refractivity contribution in [1.82, 2.24) is 0 Å². The maximum absolute atomic E-state index is 11.2. The van der Waals surface area contributed by atoms with E-state index in [1.165, 1.54) is 11.8 Å². The lowest BCUT2D eigenvalue weighted by Gasteiger charge is -2.08. The summed E-state index contributed by atoms with van der Waals surface area (Å²) in [6.45, 7) is 3.44. The van der Waals surface area contributed by atoms with Gasteiger partial charge in [0.25, 0.3) is 0 Å². The van der Waals surface area contributed by atoms with E-state index in [1.54, 1.807) is 19.9 Å². The summed E-state index contributed by atoms with van der Waals surface area (Å²) in [5.41, 5.74) is 0.546. The van der Waals surface area contributed by atoms with Gasteiger partial charge in [0, 0.05) is 17.7 Å². The van der Waals surface area contributed by atoms with Crippen LogP contribution in [-0.4, -0.2) is 22.9 Å². The summed E-state index contributed by atoms with van der Waals surface area (Å²) in [6, 6.07) is 0. The Morgan fingerprint density at radius 2 is 2.38 bits per heavy atom.